The number of hydrogen-bond acceptors (Lipinski definition) is 4. The van der Waals surface area contributed by atoms with E-state index in [0.717, 1.165) is 51.4 Å². The molecule has 4 aliphatic rings. The first kappa shape index (κ1) is 18.2. The molecule has 0 aromatic rings. The van der Waals surface area contributed by atoms with E-state index in [2.05, 4.69) is 0 Å². The Balaban J connectivity index is 1.50. The van der Waals surface area contributed by atoms with Crippen molar-refractivity contribution >= 4 is 0 Å². The minimum Gasteiger partial charge on any atom is -0.300 e. The van der Waals surface area contributed by atoms with Crippen LogP contribution in [0, 0.1) is 0 Å². The number of hydrogen-bond donors (Lipinski definition) is 0. The van der Waals surface area contributed by atoms with E-state index >= 15 is 0 Å². The van der Waals surface area contributed by atoms with Crippen molar-refractivity contribution < 1.29 is 18.9 Å². The fourth-order valence-corrected chi connectivity index (χ4v) is 5.01. The highest BCUT2D eigenvalue weighted by Gasteiger charge is 2.46. The quantitative estimate of drug-likeness (QED) is 0.546. The van der Waals surface area contributed by atoms with Gasteiger partial charge in [0.15, 0.2) is 0 Å². The predicted molar refractivity (Wildman–Crippen MR) is 96.1 cm³/mol. The summed E-state index contributed by atoms with van der Waals surface area (Å²) in [5.74, 6) is 0. The molecule has 4 fully saturated rings. The van der Waals surface area contributed by atoms with Crippen LogP contribution in [-0.4, -0.2) is 30.6 Å². The van der Waals surface area contributed by atoms with Crippen molar-refractivity contribution in [2.24, 2.45) is 0 Å². The monoisotopic (exact) mass is 352 g/mol. The zero-order chi connectivity index (χ0) is 17.0. The molecule has 0 N–H and O–H groups in total. The number of ether oxygens (including phenoxy) is 4. The van der Waals surface area contributed by atoms with Crippen molar-refractivity contribution in [2.45, 2.75) is 133 Å². The van der Waals surface area contributed by atoms with Gasteiger partial charge in [0, 0.05) is 0 Å². The number of rotatable bonds is 8. The molecule has 0 saturated heterocycles. The molecule has 4 saturated carbocycles. The van der Waals surface area contributed by atoms with E-state index < -0.39 is 6.16 Å². The molecule has 4 aliphatic carbocycles. The van der Waals surface area contributed by atoms with Crippen LogP contribution in [0.15, 0.2) is 0 Å². The molecule has 0 amide bonds. The van der Waals surface area contributed by atoms with E-state index in [1.165, 1.54) is 51.4 Å². The minimum atomic E-state index is -1.24. The van der Waals surface area contributed by atoms with E-state index in [9.17, 15) is 0 Å². The molecule has 0 radical (unpaired) electrons. The van der Waals surface area contributed by atoms with E-state index in [0.29, 0.717) is 0 Å². The van der Waals surface area contributed by atoms with Gasteiger partial charge in [0.1, 0.15) is 0 Å². The van der Waals surface area contributed by atoms with Crippen molar-refractivity contribution in [3.05, 3.63) is 0 Å². The van der Waals surface area contributed by atoms with Crippen molar-refractivity contribution in [1.82, 2.24) is 0 Å². The molecule has 0 unspecified atom stereocenters. The largest absolute Gasteiger partial charge is 0.413 e. The first-order valence-electron chi connectivity index (χ1n) is 11.0. The van der Waals surface area contributed by atoms with Crippen LogP contribution in [0.25, 0.3) is 0 Å². The van der Waals surface area contributed by atoms with Gasteiger partial charge in [0.2, 0.25) is 0 Å². The Labute approximate surface area is 152 Å². The summed E-state index contributed by atoms with van der Waals surface area (Å²) in [6.45, 7) is 0. The summed E-state index contributed by atoms with van der Waals surface area (Å²) >= 11 is 0. The third-order valence-corrected chi connectivity index (χ3v) is 6.45. The van der Waals surface area contributed by atoms with Crippen LogP contribution in [-0.2, 0) is 18.9 Å². The van der Waals surface area contributed by atoms with Gasteiger partial charge in [-0.1, -0.05) is 51.4 Å². The normalized spacial score (nSPS) is 27.8. The summed E-state index contributed by atoms with van der Waals surface area (Å²) in [6.07, 6.45) is 18.5. The Morgan fingerprint density at radius 2 is 0.560 bits per heavy atom. The smallest absolute Gasteiger partial charge is 0.300 e. The molecule has 4 rings (SSSR count). The summed E-state index contributed by atoms with van der Waals surface area (Å²) in [5, 5.41) is 0. The van der Waals surface area contributed by atoms with E-state index in [-0.39, 0.29) is 24.4 Å². The fraction of sp³-hybridized carbons (Fsp3) is 1.00. The van der Waals surface area contributed by atoms with Crippen molar-refractivity contribution in [3.63, 3.8) is 0 Å². The molecular weight excluding hydrogens is 316 g/mol. The maximum atomic E-state index is 6.52. The molecule has 0 atom stereocenters. The van der Waals surface area contributed by atoms with Gasteiger partial charge in [-0.05, 0) is 51.4 Å². The molecular formula is C21H36O4. The Bertz CT molecular complexity index is 311. The highest BCUT2D eigenvalue weighted by Crippen LogP contribution is 2.38. The molecule has 0 spiro atoms. The van der Waals surface area contributed by atoms with Crippen molar-refractivity contribution in [2.75, 3.05) is 0 Å². The minimum absolute atomic E-state index is 0.226. The summed E-state index contributed by atoms with van der Waals surface area (Å²) in [5.41, 5.74) is 0. The van der Waals surface area contributed by atoms with Crippen LogP contribution in [0.3, 0.4) is 0 Å². The highest BCUT2D eigenvalue weighted by molar-refractivity contribution is 4.76. The van der Waals surface area contributed by atoms with E-state index in [4.69, 9.17) is 18.9 Å². The van der Waals surface area contributed by atoms with Gasteiger partial charge in [0.05, 0.1) is 24.4 Å². The van der Waals surface area contributed by atoms with Crippen LogP contribution in [0.4, 0.5) is 0 Å². The van der Waals surface area contributed by atoms with Gasteiger partial charge in [-0.25, -0.2) is 0 Å². The molecule has 25 heavy (non-hydrogen) atoms. The summed E-state index contributed by atoms with van der Waals surface area (Å²) in [7, 11) is 0. The van der Waals surface area contributed by atoms with Gasteiger partial charge in [-0.2, -0.15) is 0 Å². The molecule has 0 aromatic carbocycles. The predicted octanol–water partition coefficient (Wildman–Crippen LogP) is 5.43. The third kappa shape index (κ3) is 4.97. The second kappa shape index (κ2) is 8.69. The topological polar surface area (TPSA) is 36.9 Å². The van der Waals surface area contributed by atoms with E-state index in [1.807, 2.05) is 0 Å². The Kier molecular flexibility index (Phi) is 6.33. The zero-order valence-electron chi connectivity index (χ0n) is 15.8. The summed E-state index contributed by atoms with van der Waals surface area (Å²) in [4.78, 5) is 0. The SMILES string of the molecule is C1CCC(OC(OC2CCCC2)(OC2CCCC2)OC2CCCC2)C1. The first-order valence-corrected chi connectivity index (χ1v) is 11.0. The second-order valence-electron chi connectivity index (χ2n) is 8.60. The molecule has 0 aliphatic heterocycles. The van der Waals surface area contributed by atoms with Gasteiger partial charge in [-0.15, -0.1) is 0 Å². The molecule has 0 aromatic heterocycles. The Morgan fingerprint density at radius 3 is 0.760 bits per heavy atom. The zero-order valence-corrected chi connectivity index (χ0v) is 15.8. The molecule has 144 valence electrons. The lowest BCUT2D eigenvalue weighted by molar-refractivity contribution is -0.531. The molecule has 0 heterocycles. The second-order valence-corrected chi connectivity index (χ2v) is 8.60. The van der Waals surface area contributed by atoms with Crippen LogP contribution in [0.2, 0.25) is 0 Å². The van der Waals surface area contributed by atoms with Crippen molar-refractivity contribution in [1.29, 1.82) is 0 Å². The lowest BCUT2D eigenvalue weighted by Crippen LogP contribution is -2.50. The third-order valence-electron chi connectivity index (χ3n) is 6.45. The van der Waals surface area contributed by atoms with Crippen LogP contribution in [0.1, 0.15) is 103 Å². The summed E-state index contributed by atoms with van der Waals surface area (Å²) < 4.78 is 26.1. The van der Waals surface area contributed by atoms with Gasteiger partial charge >= 0.3 is 6.16 Å². The maximum Gasteiger partial charge on any atom is 0.413 e. The average Bonchev–Trinajstić information content (AvgIpc) is 3.37. The van der Waals surface area contributed by atoms with Crippen LogP contribution >= 0.6 is 0 Å². The van der Waals surface area contributed by atoms with Crippen molar-refractivity contribution in [3.8, 4) is 0 Å². The van der Waals surface area contributed by atoms with Gasteiger partial charge < -0.3 is 0 Å². The van der Waals surface area contributed by atoms with Gasteiger partial charge in [0.25, 0.3) is 0 Å². The van der Waals surface area contributed by atoms with Crippen LogP contribution in [0.5, 0.6) is 0 Å². The standard InChI is InChI=1S/C21H36O4/c1-2-10-17(9-1)22-21(23-18-11-3-4-12-18,24-19-13-5-6-14-19)25-20-15-7-8-16-20/h17-20H,1-16H2. The van der Waals surface area contributed by atoms with E-state index in [1.54, 1.807) is 0 Å². The van der Waals surface area contributed by atoms with Crippen LogP contribution < -0.4 is 0 Å². The fourth-order valence-electron chi connectivity index (χ4n) is 5.01. The Morgan fingerprint density at radius 1 is 0.360 bits per heavy atom. The lowest BCUT2D eigenvalue weighted by atomic mass is 10.3. The first-order chi connectivity index (χ1) is 12.3. The molecule has 4 heteroatoms. The molecule has 4 nitrogen and oxygen atoms in total. The average molecular weight is 353 g/mol. The summed E-state index contributed by atoms with van der Waals surface area (Å²) in [6, 6.07) is 0. The highest BCUT2D eigenvalue weighted by atomic mass is 17.0. The lowest BCUT2D eigenvalue weighted by Gasteiger charge is -2.39. The Hall–Kier alpha value is -0.160. The molecule has 0 bridgehead atoms. The maximum absolute atomic E-state index is 6.52. The van der Waals surface area contributed by atoms with Gasteiger partial charge in [-0.3, -0.25) is 18.9 Å².